The fraction of sp³-hybridized carbons (Fsp3) is 1.00. The summed E-state index contributed by atoms with van der Waals surface area (Å²) in [6, 6.07) is 0. The molecular weight excluding hydrogens is 192 g/mol. The van der Waals surface area contributed by atoms with Crippen LogP contribution in [-0.2, 0) is 0 Å². The SMILES string of the molecule is CCCCCC(C(C)C(C)C)C(C)C(C)C. The third-order valence-corrected chi connectivity index (χ3v) is 4.59. The molecule has 0 heteroatoms. The van der Waals surface area contributed by atoms with E-state index in [-0.39, 0.29) is 0 Å². The van der Waals surface area contributed by atoms with Gasteiger partial charge >= 0.3 is 0 Å². The van der Waals surface area contributed by atoms with Crippen molar-refractivity contribution >= 4 is 0 Å². The van der Waals surface area contributed by atoms with Crippen molar-refractivity contribution in [2.45, 2.75) is 74.1 Å². The summed E-state index contributed by atoms with van der Waals surface area (Å²) >= 11 is 0. The molecule has 98 valence electrons. The Balaban J connectivity index is 4.37. The smallest absolute Gasteiger partial charge is 0.0358 e. The molecule has 0 rings (SSSR count). The molecule has 0 heterocycles. The molecule has 0 saturated heterocycles. The van der Waals surface area contributed by atoms with Gasteiger partial charge < -0.3 is 0 Å². The van der Waals surface area contributed by atoms with Gasteiger partial charge in [0.15, 0.2) is 0 Å². The first-order valence-corrected chi connectivity index (χ1v) is 7.41. The molecule has 2 unspecified atom stereocenters. The van der Waals surface area contributed by atoms with E-state index in [1.165, 1.54) is 25.7 Å². The number of unbranched alkanes of at least 4 members (excludes halogenated alkanes) is 2. The van der Waals surface area contributed by atoms with Crippen LogP contribution >= 0.6 is 0 Å². The zero-order chi connectivity index (χ0) is 12.7. The van der Waals surface area contributed by atoms with Crippen molar-refractivity contribution in [2.24, 2.45) is 29.6 Å². The van der Waals surface area contributed by atoms with Crippen LogP contribution in [0.15, 0.2) is 0 Å². The third kappa shape index (κ3) is 5.37. The average Bonchev–Trinajstić information content (AvgIpc) is 2.22. The van der Waals surface area contributed by atoms with Gasteiger partial charge in [0.2, 0.25) is 0 Å². The standard InChI is InChI=1S/C16H34/c1-8-9-10-11-16(14(6)12(2)3)15(7)13(4)5/h12-16H,8-11H2,1-7H3. The van der Waals surface area contributed by atoms with E-state index >= 15 is 0 Å². The normalized spacial score (nSPS) is 17.8. The highest BCUT2D eigenvalue weighted by atomic mass is 14.3. The van der Waals surface area contributed by atoms with Crippen LogP contribution in [0.5, 0.6) is 0 Å². The maximum atomic E-state index is 2.46. The Morgan fingerprint density at radius 1 is 0.688 bits per heavy atom. The molecular formula is C16H34. The van der Waals surface area contributed by atoms with Gasteiger partial charge in [-0.1, -0.05) is 67.7 Å². The minimum absolute atomic E-state index is 0.827. The summed E-state index contributed by atoms with van der Waals surface area (Å²) in [7, 11) is 0. The molecule has 0 amide bonds. The predicted molar refractivity (Wildman–Crippen MR) is 75.6 cm³/mol. The second-order valence-electron chi connectivity index (χ2n) is 6.37. The molecule has 0 aliphatic rings. The Hall–Kier alpha value is 0. The molecule has 2 atom stereocenters. The summed E-state index contributed by atoms with van der Waals surface area (Å²) in [5.41, 5.74) is 0. The van der Waals surface area contributed by atoms with E-state index < -0.39 is 0 Å². The number of hydrogen-bond donors (Lipinski definition) is 0. The molecule has 16 heavy (non-hydrogen) atoms. The highest BCUT2D eigenvalue weighted by Crippen LogP contribution is 2.35. The summed E-state index contributed by atoms with van der Waals surface area (Å²) in [6.07, 6.45) is 5.62. The van der Waals surface area contributed by atoms with Gasteiger partial charge in [-0.3, -0.25) is 0 Å². The Labute approximate surface area is 104 Å². The molecule has 0 aliphatic heterocycles. The minimum Gasteiger partial charge on any atom is -0.0654 e. The van der Waals surface area contributed by atoms with Gasteiger partial charge in [-0.2, -0.15) is 0 Å². The van der Waals surface area contributed by atoms with E-state index in [1.54, 1.807) is 0 Å². The van der Waals surface area contributed by atoms with Crippen molar-refractivity contribution in [1.82, 2.24) is 0 Å². The molecule has 0 bridgehead atoms. The lowest BCUT2D eigenvalue weighted by molar-refractivity contribution is 0.152. The second-order valence-corrected chi connectivity index (χ2v) is 6.37. The monoisotopic (exact) mass is 226 g/mol. The first-order chi connectivity index (χ1) is 7.41. The van der Waals surface area contributed by atoms with Crippen LogP contribution in [0.4, 0.5) is 0 Å². The van der Waals surface area contributed by atoms with Crippen LogP contribution in [0.3, 0.4) is 0 Å². The topological polar surface area (TPSA) is 0 Å². The minimum atomic E-state index is 0.827. The van der Waals surface area contributed by atoms with Crippen molar-refractivity contribution in [3.63, 3.8) is 0 Å². The third-order valence-electron chi connectivity index (χ3n) is 4.59. The maximum absolute atomic E-state index is 2.46. The van der Waals surface area contributed by atoms with Crippen LogP contribution in [-0.4, -0.2) is 0 Å². The summed E-state index contributed by atoms with van der Waals surface area (Å²) in [5, 5.41) is 0. The fourth-order valence-electron chi connectivity index (χ4n) is 2.62. The molecule has 0 fully saturated rings. The van der Waals surface area contributed by atoms with Crippen molar-refractivity contribution in [2.75, 3.05) is 0 Å². The molecule has 0 aliphatic carbocycles. The van der Waals surface area contributed by atoms with E-state index in [0.717, 1.165) is 29.6 Å². The van der Waals surface area contributed by atoms with Gasteiger partial charge in [-0.25, -0.2) is 0 Å². The van der Waals surface area contributed by atoms with Crippen molar-refractivity contribution in [3.05, 3.63) is 0 Å². The highest BCUT2D eigenvalue weighted by Gasteiger charge is 2.26. The van der Waals surface area contributed by atoms with E-state index in [2.05, 4.69) is 48.5 Å². The maximum Gasteiger partial charge on any atom is -0.0358 e. The van der Waals surface area contributed by atoms with Gasteiger partial charge in [0.05, 0.1) is 0 Å². The van der Waals surface area contributed by atoms with Crippen molar-refractivity contribution in [1.29, 1.82) is 0 Å². The second kappa shape index (κ2) is 8.14. The van der Waals surface area contributed by atoms with E-state index in [9.17, 15) is 0 Å². The van der Waals surface area contributed by atoms with Crippen molar-refractivity contribution < 1.29 is 0 Å². The molecule has 0 aromatic rings. The van der Waals surface area contributed by atoms with Gasteiger partial charge in [0, 0.05) is 0 Å². The van der Waals surface area contributed by atoms with Gasteiger partial charge in [-0.15, -0.1) is 0 Å². The predicted octanol–water partition coefficient (Wildman–Crippen LogP) is 5.77. The molecule has 0 aromatic heterocycles. The van der Waals surface area contributed by atoms with Crippen LogP contribution in [0.25, 0.3) is 0 Å². The van der Waals surface area contributed by atoms with Gasteiger partial charge in [0.25, 0.3) is 0 Å². The van der Waals surface area contributed by atoms with Crippen LogP contribution in [0.2, 0.25) is 0 Å². The van der Waals surface area contributed by atoms with E-state index in [4.69, 9.17) is 0 Å². The number of hydrogen-bond acceptors (Lipinski definition) is 0. The summed E-state index contributed by atoms with van der Waals surface area (Å²) in [5.74, 6) is 4.32. The van der Waals surface area contributed by atoms with Gasteiger partial charge in [0.1, 0.15) is 0 Å². The lowest BCUT2D eigenvalue weighted by Gasteiger charge is -2.34. The molecule has 0 aromatic carbocycles. The Bertz CT molecular complexity index is 143. The number of rotatable bonds is 8. The Kier molecular flexibility index (Phi) is 8.14. The van der Waals surface area contributed by atoms with E-state index in [0.29, 0.717) is 0 Å². The van der Waals surface area contributed by atoms with Crippen molar-refractivity contribution in [3.8, 4) is 0 Å². The quantitative estimate of drug-likeness (QED) is 0.461. The Morgan fingerprint density at radius 3 is 1.44 bits per heavy atom. The largest absolute Gasteiger partial charge is 0.0654 e. The highest BCUT2D eigenvalue weighted by molar-refractivity contribution is 4.76. The first-order valence-electron chi connectivity index (χ1n) is 7.41. The summed E-state index contributed by atoms with van der Waals surface area (Å²) in [6.45, 7) is 16.7. The lowest BCUT2D eigenvalue weighted by atomic mass is 9.71. The van der Waals surface area contributed by atoms with Crippen LogP contribution in [0.1, 0.15) is 74.1 Å². The molecule has 0 spiro atoms. The molecule has 0 nitrogen and oxygen atoms in total. The summed E-state index contributed by atoms with van der Waals surface area (Å²) < 4.78 is 0. The van der Waals surface area contributed by atoms with Gasteiger partial charge in [-0.05, 0) is 36.0 Å². The van der Waals surface area contributed by atoms with E-state index in [1.807, 2.05) is 0 Å². The zero-order valence-corrected chi connectivity index (χ0v) is 12.7. The molecule has 0 saturated carbocycles. The Morgan fingerprint density at radius 2 is 1.12 bits per heavy atom. The molecule has 0 radical (unpaired) electrons. The van der Waals surface area contributed by atoms with Crippen LogP contribution in [0, 0.1) is 29.6 Å². The first kappa shape index (κ1) is 16.0. The molecule has 0 N–H and O–H groups in total. The van der Waals surface area contributed by atoms with Crippen LogP contribution < -0.4 is 0 Å². The average molecular weight is 226 g/mol. The fourth-order valence-corrected chi connectivity index (χ4v) is 2.62. The summed E-state index contributed by atoms with van der Waals surface area (Å²) in [4.78, 5) is 0. The zero-order valence-electron chi connectivity index (χ0n) is 12.7. The lowest BCUT2D eigenvalue weighted by Crippen LogP contribution is -2.26.